The molecule has 2 atom stereocenters. The quantitative estimate of drug-likeness (QED) is 0.732. The fourth-order valence-corrected chi connectivity index (χ4v) is 5.00. The van der Waals surface area contributed by atoms with E-state index in [0.717, 1.165) is 65.4 Å². The number of imidazole rings is 1. The van der Waals surface area contributed by atoms with E-state index in [0.29, 0.717) is 5.41 Å². The van der Waals surface area contributed by atoms with Crippen molar-refractivity contribution < 1.29 is 4.79 Å². The highest BCUT2D eigenvalue weighted by atomic mass is 16.2. The molecule has 2 heterocycles. The number of nitrogens with one attached hydrogen (secondary N) is 2. The third kappa shape index (κ3) is 2.30. The number of nitrogens with zero attached hydrogens (tertiary/aromatic N) is 3. The van der Waals surface area contributed by atoms with E-state index in [9.17, 15) is 4.79 Å². The van der Waals surface area contributed by atoms with E-state index in [-0.39, 0.29) is 11.8 Å². The lowest BCUT2D eigenvalue weighted by Crippen LogP contribution is -2.28. The number of fused-ring (bicyclic) bond motifs is 3. The minimum atomic E-state index is 0.209. The summed E-state index contributed by atoms with van der Waals surface area (Å²) >= 11 is 0. The van der Waals surface area contributed by atoms with Gasteiger partial charge in [0.15, 0.2) is 5.82 Å². The minimum absolute atomic E-state index is 0.209. The van der Waals surface area contributed by atoms with Crippen LogP contribution in [-0.4, -0.2) is 33.1 Å². The van der Waals surface area contributed by atoms with Crippen LogP contribution >= 0.6 is 0 Å². The van der Waals surface area contributed by atoms with Crippen LogP contribution in [0.1, 0.15) is 43.0 Å². The SMILES string of the molecule is Cc1cc2nc(-c3n[nH]c4c3C[C@@H]3C[C@]3(C)C4)[nH]c2cc1N(C)C(=O)C1CC1. The van der Waals surface area contributed by atoms with Gasteiger partial charge in [0.1, 0.15) is 5.69 Å². The lowest BCUT2D eigenvalue weighted by atomic mass is 9.88. The second-order valence-electron chi connectivity index (χ2n) is 9.38. The van der Waals surface area contributed by atoms with Gasteiger partial charge in [-0.15, -0.1) is 0 Å². The molecule has 144 valence electrons. The molecule has 0 aliphatic heterocycles. The number of aryl methyl sites for hydroxylation is 1. The zero-order valence-corrected chi connectivity index (χ0v) is 16.6. The number of carbonyl (C=O) groups excluding carboxylic acids is 1. The second kappa shape index (κ2) is 5.25. The summed E-state index contributed by atoms with van der Waals surface area (Å²) in [6, 6.07) is 4.12. The Morgan fingerprint density at radius 3 is 2.93 bits per heavy atom. The Morgan fingerprint density at radius 2 is 2.14 bits per heavy atom. The van der Waals surface area contributed by atoms with Crippen LogP contribution in [0.4, 0.5) is 5.69 Å². The van der Waals surface area contributed by atoms with Crippen LogP contribution in [0.3, 0.4) is 0 Å². The van der Waals surface area contributed by atoms with Crippen molar-refractivity contribution >= 4 is 22.6 Å². The Kier molecular flexibility index (Phi) is 3.06. The summed E-state index contributed by atoms with van der Waals surface area (Å²) < 4.78 is 0. The van der Waals surface area contributed by atoms with E-state index in [2.05, 4.69) is 34.2 Å². The number of carbonyl (C=O) groups is 1. The summed E-state index contributed by atoms with van der Waals surface area (Å²) in [4.78, 5) is 22.6. The zero-order valence-electron chi connectivity index (χ0n) is 16.6. The summed E-state index contributed by atoms with van der Waals surface area (Å²) in [5.41, 5.74) is 7.95. The highest BCUT2D eigenvalue weighted by Crippen LogP contribution is 2.59. The van der Waals surface area contributed by atoms with Crippen molar-refractivity contribution in [2.75, 3.05) is 11.9 Å². The number of hydrogen-bond acceptors (Lipinski definition) is 3. The van der Waals surface area contributed by atoms with Crippen molar-refractivity contribution in [1.29, 1.82) is 0 Å². The van der Waals surface area contributed by atoms with Gasteiger partial charge in [0.25, 0.3) is 0 Å². The Bertz CT molecular complexity index is 1140. The van der Waals surface area contributed by atoms with Gasteiger partial charge in [-0.1, -0.05) is 6.92 Å². The van der Waals surface area contributed by atoms with Crippen LogP contribution in [0.5, 0.6) is 0 Å². The first-order chi connectivity index (χ1) is 13.4. The van der Waals surface area contributed by atoms with E-state index < -0.39 is 0 Å². The Balaban J connectivity index is 1.39. The van der Waals surface area contributed by atoms with E-state index in [4.69, 9.17) is 4.98 Å². The number of benzene rings is 1. The van der Waals surface area contributed by atoms with Crippen molar-refractivity contribution in [2.45, 2.75) is 46.0 Å². The van der Waals surface area contributed by atoms with Crippen LogP contribution in [0.25, 0.3) is 22.6 Å². The van der Waals surface area contributed by atoms with Crippen LogP contribution < -0.4 is 4.90 Å². The zero-order chi connectivity index (χ0) is 19.2. The van der Waals surface area contributed by atoms with Gasteiger partial charge in [-0.25, -0.2) is 4.98 Å². The van der Waals surface area contributed by atoms with Crippen LogP contribution in [0.15, 0.2) is 12.1 Å². The van der Waals surface area contributed by atoms with E-state index >= 15 is 0 Å². The number of hydrogen-bond donors (Lipinski definition) is 2. The molecule has 3 aromatic rings. The average Bonchev–Trinajstić information content (AvgIpc) is 3.53. The summed E-state index contributed by atoms with van der Waals surface area (Å²) in [5, 5.41) is 7.87. The molecule has 3 aliphatic rings. The maximum absolute atomic E-state index is 12.5. The predicted molar refractivity (Wildman–Crippen MR) is 108 cm³/mol. The molecule has 2 saturated carbocycles. The van der Waals surface area contributed by atoms with E-state index in [1.807, 2.05) is 14.0 Å². The first kappa shape index (κ1) is 16.3. The number of aromatic nitrogens is 4. The van der Waals surface area contributed by atoms with E-state index in [1.54, 1.807) is 4.90 Å². The molecule has 2 fully saturated rings. The van der Waals surface area contributed by atoms with Crippen molar-refractivity contribution in [3.8, 4) is 11.5 Å². The molecular weight excluding hydrogens is 350 g/mol. The summed E-state index contributed by atoms with van der Waals surface area (Å²) in [7, 11) is 1.88. The Hall–Kier alpha value is -2.63. The fourth-order valence-electron chi connectivity index (χ4n) is 5.00. The highest BCUT2D eigenvalue weighted by molar-refractivity contribution is 5.98. The fraction of sp³-hybridized carbons (Fsp3) is 0.500. The van der Waals surface area contributed by atoms with Crippen LogP contribution in [-0.2, 0) is 17.6 Å². The molecule has 0 spiro atoms. The molecule has 1 aromatic carbocycles. The van der Waals surface area contributed by atoms with Crippen molar-refractivity contribution in [1.82, 2.24) is 20.2 Å². The maximum atomic E-state index is 12.5. The molecule has 6 heteroatoms. The summed E-state index contributed by atoms with van der Waals surface area (Å²) in [6.07, 6.45) is 5.54. The van der Waals surface area contributed by atoms with Crippen molar-refractivity contribution in [3.63, 3.8) is 0 Å². The van der Waals surface area contributed by atoms with Crippen molar-refractivity contribution in [3.05, 3.63) is 29.0 Å². The topological polar surface area (TPSA) is 77.7 Å². The molecule has 2 aromatic heterocycles. The highest BCUT2D eigenvalue weighted by Gasteiger charge is 2.53. The largest absolute Gasteiger partial charge is 0.337 e. The summed E-state index contributed by atoms with van der Waals surface area (Å²) in [6.45, 7) is 4.43. The third-order valence-electron chi connectivity index (χ3n) is 7.16. The second-order valence-corrected chi connectivity index (χ2v) is 9.38. The lowest BCUT2D eigenvalue weighted by molar-refractivity contribution is -0.119. The molecule has 0 bridgehead atoms. The smallest absolute Gasteiger partial charge is 0.229 e. The minimum Gasteiger partial charge on any atom is -0.337 e. The monoisotopic (exact) mass is 375 g/mol. The molecule has 2 N–H and O–H groups in total. The van der Waals surface area contributed by atoms with Gasteiger partial charge in [-0.2, -0.15) is 5.10 Å². The molecule has 1 amide bonds. The van der Waals surface area contributed by atoms with Gasteiger partial charge in [0.05, 0.1) is 11.0 Å². The molecule has 6 rings (SSSR count). The standard InChI is InChI=1S/C22H25N5O/c1-11-6-15-16(8-18(11)27(3)21(28)12-4-5-12)24-20(23-15)19-14-7-13-9-22(13,2)10-17(14)25-26-19/h6,8,12-13H,4-5,7,9-10H2,1-3H3,(H,23,24)(H,25,26)/t13-,22-/m1/s1. The first-order valence-electron chi connectivity index (χ1n) is 10.3. The van der Waals surface area contributed by atoms with Gasteiger partial charge < -0.3 is 9.88 Å². The number of amides is 1. The average molecular weight is 375 g/mol. The molecule has 6 nitrogen and oxygen atoms in total. The molecule has 28 heavy (non-hydrogen) atoms. The summed E-state index contributed by atoms with van der Waals surface area (Å²) in [5.74, 6) is 2.04. The molecule has 0 radical (unpaired) electrons. The van der Waals surface area contributed by atoms with Gasteiger partial charge in [0.2, 0.25) is 5.91 Å². The maximum Gasteiger partial charge on any atom is 0.229 e. The predicted octanol–water partition coefficient (Wildman–Crippen LogP) is 3.76. The Morgan fingerprint density at radius 1 is 1.32 bits per heavy atom. The number of rotatable bonds is 3. The van der Waals surface area contributed by atoms with Crippen molar-refractivity contribution in [2.24, 2.45) is 17.3 Å². The number of H-pyrrole nitrogens is 2. The Labute approximate surface area is 163 Å². The number of aromatic amines is 2. The van der Waals surface area contributed by atoms with Crippen LogP contribution in [0, 0.1) is 24.2 Å². The van der Waals surface area contributed by atoms with Gasteiger partial charge in [0, 0.05) is 29.9 Å². The van der Waals surface area contributed by atoms with Gasteiger partial charge in [-0.05, 0) is 68.1 Å². The third-order valence-corrected chi connectivity index (χ3v) is 7.16. The normalized spacial score (nSPS) is 25.5. The van der Waals surface area contributed by atoms with Gasteiger partial charge in [-0.3, -0.25) is 9.89 Å². The lowest BCUT2D eigenvalue weighted by Gasteiger charge is -2.19. The van der Waals surface area contributed by atoms with Crippen LogP contribution in [0.2, 0.25) is 0 Å². The van der Waals surface area contributed by atoms with E-state index in [1.165, 1.54) is 17.7 Å². The molecule has 0 saturated heterocycles. The number of anilines is 1. The van der Waals surface area contributed by atoms with Gasteiger partial charge >= 0.3 is 0 Å². The molecule has 0 unspecified atom stereocenters. The molecule has 3 aliphatic carbocycles. The first-order valence-corrected chi connectivity index (χ1v) is 10.3. The molecular formula is C22H25N5O.